The summed E-state index contributed by atoms with van der Waals surface area (Å²) >= 11 is 0. The molecule has 0 aliphatic carbocycles. The normalized spacial score (nSPS) is 15.3. The minimum Gasteiger partial charge on any atom is -0.417 e. The van der Waals surface area contributed by atoms with Gasteiger partial charge in [-0.25, -0.2) is 0 Å². The Morgan fingerprint density at radius 2 is 1.93 bits per heavy atom. The first-order valence-electron chi connectivity index (χ1n) is 5.23. The summed E-state index contributed by atoms with van der Waals surface area (Å²) in [6.45, 7) is 15.6. The van der Waals surface area contributed by atoms with E-state index in [0.717, 1.165) is 13.0 Å². The van der Waals surface area contributed by atoms with Gasteiger partial charge in [0.1, 0.15) is 0 Å². The molecule has 0 bridgehead atoms. The highest BCUT2D eigenvalue weighted by molar-refractivity contribution is 6.74. The van der Waals surface area contributed by atoms with E-state index in [2.05, 4.69) is 40.4 Å². The maximum absolute atomic E-state index is 5.98. The Morgan fingerprint density at radius 3 is 2.29 bits per heavy atom. The SMILES string of the molecule is C=C[C@H](N)CCO[Si](C)(C)C(C)(C)C. The van der Waals surface area contributed by atoms with Crippen molar-refractivity contribution in [3.05, 3.63) is 12.7 Å². The molecule has 0 aromatic rings. The molecule has 0 saturated heterocycles. The van der Waals surface area contributed by atoms with E-state index in [1.54, 1.807) is 6.08 Å². The van der Waals surface area contributed by atoms with Gasteiger partial charge in [-0.05, 0) is 24.6 Å². The van der Waals surface area contributed by atoms with Crippen LogP contribution in [0.25, 0.3) is 0 Å². The van der Waals surface area contributed by atoms with Gasteiger partial charge in [0.05, 0.1) is 0 Å². The second-order valence-corrected chi connectivity index (χ2v) is 10.1. The summed E-state index contributed by atoms with van der Waals surface area (Å²) in [5.74, 6) is 0. The van der Waals surface area contributed by atoms with Gasteiger partial charge in [-0.1, -0.05) is 26.8 Å². The first kappa shape index (κ1) is 13.9. The fourth-order valence-electron chi connectivity index (χ4n) is 0.785. The Labute approximate surface area is 89.7 Å². The third-order valence-corrected chi connectivity index (χ3v) is 7.56. The Kier molecular flexibility index (Phi) is 5.05. The largest absolute Gasteiger partial charge is 0.417 e. The molecule has 0 heterocycles. The summed E-state index contributed by atoms with van der Waals surface area (Å²) in [6, 6.07) is 0.0692. The van der Waals surface area contributed by atoms with Crippen LogP contribution in [-0.4, -0.2) is 21.0 Å². The quantitative estimate of drug-likeness (QED) is 0.565. The fourth-order valence-corrected chi connectivity index (χ4v) is 1.85. The maximum atomic E-state index is 5.98. The van der Waals surface area contributed by atoms with Crippen molar-refractivity contribution < 1.29 is 4.43 Å². The van der Waals surface area contributed by atoms with Crippen molar-refractivity contribution in [3.8, 4) is 0 Å². The van der Waals surface area contributed by atoms with Crippen LogP contribution in [0.5, 0.6) is 0 Å². The van der Waals surface area contributed by atoms with Crippen LogP contribution in [0.4, 0.5) is 0 Å². The van der Waals surface area contributed by atoms with Crippen molar-refractivity contribution in [2.75, 3.05) is 6.61 Å². The summed E-state index contributed by atoms with van der Waals surface area (Å²) < 4.78 is 5.98. The van der Waals surface area contributed by atoms with Gasteiger partial charge in [0.25, 0.3) is 0 Å². The van der Waals surface area contributed by atoms with Crippen LogP contribution >= 0.6 is 0 Å². The Hall–Kier alpha value is -0.123. The van der Waals surface area contributed by atoms with Gasteiger partial charge in [0.15, 0.2) is 8.32 Å². The molecule has 14 heavy (non-hydrogen) atoms. The molecular formula is C11H25NOSi. The van der Waals surface area contributed by atoms with Crippen LogP contribution in [0.1, 0.15) is 27.2 Å². The average molecular weight is 215 g/mol. The van der Waals surface area contributed by atoms with E-state index in [1.165, 1.54) is 0 Å². The van der Waals surface area contributed by atoms with Crippen LogP contribution in [0.15, 0.2) is 12.7 Å². The van der Waals surface area contributed by atoms with Gasteiger partial charge in [-0.2, -0.15) is 0 Å². The first-order valence-corrected chi connectivity index (χ1v) is 8.13. The molecule has 84 valence electrons. The predicted octanol–water partition coefficient (Wildman–Crippen LogP) is 2.91. The van der Waals surface area contributed by atoms with Crippen LogP contribution < -0.4 is 5.73 Å². The lowest BCUT2D eigenvalue weighted by Gasteiger charge is -2.36. The van der Waals surface area contributed by atoms with E-state index >= 15 is 0 Å². The number of nitrogens with two attached hydrogens (primary N) is 1. The minimum absolute atomic E-state index is 0.0692. The summed E-state index contributed by atoms with van der Waals surface area (Å²) in [6.07, 6.45) is 2.64. The Balaban J connectivity index is 3.95. The lowest BCUT2D eigenvalue weighted by Crippen LogP contribution is -2.41. The molecule has 0 rings (SSSR count). The van der Waals surface area contributed by atoms with Gasteiger partial charge in [-0.15, -0.1) is 6.58 Å². The predicted molar refractivity (Wildman–Crippen MR) is 65.9 cm³/mol. The zero-order valence-electron chi connectivity index (χ0n) is 10.3. The summed E-state index contributed by atoms with van der Waals surface area (Å²) in [7, 11) is -1.57. The Bertz CT molecular complexity index is 184. The number of hydrogen-bond acceptors (Lipinski definition) is 2. The van der Waals surface area contributed by atoms with Gasteiger partial charge < -0.3 is 10.2 Å². The minimum atomic E-state index is -1.57. The summed E-state index contributed by atoms with van der Waals surface area (Å²) in [5, 5.41) is 0.283. The van der Waals surface area contributed by atoms with Crippen molar-refractivity contribution in [1.82, 2.24) is 0 Å². The molecule has 0 spiro atoms. The molecule has 0 amide bonds. The molecule has 0 aliphatic heterocycles. The topological polar surface area (TPSA) is 35.2 Å². The van der Waals surface area contributed by atoms with Crippen LogP contribution in [-0.2, 0) is 4.43 Å². The molecule has 0 fully saturated rings. The summed E-state index contributed by atoms with van der Waals surface area (Å²) in [4.78, 5) is 0. The standard InChI is InChI=1S/C11H25NOSi/c1-7-10(12)8-9-13-14(5,6)11(2,3)4/h7,10H,1,8-9,12H2,2-6H3/t10-/m0/s1. The average Bonchev–Trinajstić information content (AvgIpc) is 2.01. The molecule has 0 aliphatic rings. The van der Waals surface area contributed by atoms with Gasteiger partial charge in [-0.3, -0.25) is 0 Å². The van der Waals surface area contributed by atoms with Crippen LogP contribution in [0.2, 0.25) is 18.1 Å². The smallest absolute Gasteiger partial charge is 0.191 e. The van der Waals surface area contributed by atoms with E-state index in [0.29, 0.717) is 0 Å². The molecule has 1 atom stereocenters. The maximum Gasteiger partial charge on any atom is 0.191 e. The fraction of sp³-hybridized carbons (Fsp3) is 0.818. The van der Waals surface area contributed by atoms with Crippen molar-refractivity contribution in [2.24, 2.45) is 5.73 Å². The lowest BCUT2D eigenvalue weighted by atomic mass is 10.2. The molecular weight excluding hydrogens is 190 g/mol. The van der Waals surface area contributed by atoms with Crippen molar-refractivity contribution in [3.63, 3.8) is 0 Å². The molecule has 0 unspecified atom stereocenters. The van der Waals surface area contributed by atoms with E-state index in [-0.39, 0.29) is 11.1 Å². The molecule has 0 aromatic heterocycles. The molecule has 2 nitrogen and oxygen atoms in total. The lowest BCUT2D eigenvalue weighted by molar-refractivity contribution is 0.278. The van der Waals surface area contributed by atoms with Crippen molar-refractivity contribution in [2.45, 2.75) is 51.4 Å². The van der Waals surface area contributed by atoms with Crippen LogP contribution in [0.3, 0.4) is 0 Å². The van der Waals surface area contributed by atoms with Crippen molar-refractivity contribution >= 4 is 8.32 Å². The van der Waals surface area contributed by atoms with E-state index < -0.39 is 8.32 Å². The number of rotatable bonds is 5. The first-order chi connectivity index (χ1) is 6.20. The third-order valence-electron chi connectivity index (χ3n) is 3.02. The van der Waals surface area contributed by atoms with Gasteiger partial charge >= 0.3 is 0 Å². The van der Waals surface area contributed by atoms with Gasteiger partial charge in [0.2, 0.25) is 0 Å². The highest BCUT2D eigenvalue weighted by Crippen LogP contribution is 2.36. The third kappa shape index (κ3) is 4.40. The second-order valence-electron chi connectivity index (χ2n) is 5.30. The van der Waals surface area contributed by atoms with Crippen LogP contribution in [0, 0.1) is 0 Å². The highest BCUT2D eigenvalue weighted by Gasteiger charge is 2.36. The number of hydrogen-bond donors (Lipinski definition) is 1. The highest BCUT2D eigenvalue weighted by atomic mass is 28.4. The zero-order chi connectivity index (χ0) is 11.4. The Morgan fingerprint density at radius 1 is 1.43 bits per heavy atom. The molecule has 0 aromatic carbocycles. The monoisotopic (exact) mass is 215 g/mol. The van der Waals surface area contributed by atoms with Gasteiger partial charge in [0, 0.05) is 12.6 Å². The second kappa shape index (κ2) is 5.10. The van der Waals surface area contributed by atoms with E-state index in [4.69, 9.17) is 10.2 Å². The molecule has 0 radical (unpaired) electrons. The molecule has 3 heteroatoms. The molecule has 0 saturated carbocycles. The molecule has 2 N–H and O–H groups in total. The van der Waals surface area contributed by atoms with Crippen molar-refractivity contribution in [1.29, 1.82) is 0 Å². The van der Waals surface area contributed by atoms with E-state index in [9.17, 15) is 0 Å². The summed E-state index contributed by atoms with van der Waals surface area (Å²) in [5.41, 5.74) is 5.73. The zero-order valence-corrected chi connectivity index (χ0v) is 11.3. The van der Waals surface area contributed by atoms with E-state index in [1.807, 2.05) is 0 Å².